The lowest BCUT2D eigenvalue weighted by atomic mass is 10.0. The van der Waals surface area contributed by atoms with Crippen molar-refractivity contribution in [3.63, 3.8) is 0 Å². The number of nitrogens with zero attached hydrogens (tertiary/aromatic N) is 3. The van der Waals surface area contributed by atoms with Crippen molar-refractivity contribution in [2.75, 3.05) is 26.8 Å². The number of amides is 2. The van der Waals surface area contributed by atoms with E-state index in [0.717, 1.165) is 44.7 Å². The van der Waals surface area contributed by atoms with Crippen LogP contribution in [0.5, 0.6) is 0 Å². The number of aromatic nitrogens is 2. The summed E-state index contributed by atoms with van der Waals surface area (Å²) >= 11 is 0. The number of ether oxygens (including phenoxy) is 1. The highest BCUT2D eigenvalue weighted by Gasteiger charge is 2.28. The van der Waals surface area contributed by atoms with E-state index >= 15 is 0 Å². The van der Waals surface area contributed by atoms with Crippen LogP contribution in [0.15, 0.2) is 0 Å². The third kappa shape index (κ3) is 4.29. The van der Waals surface area contributed by atoms with Crippen LogP contribution >= 0.6 is 0 Å². The lowest BCUT2D eigenvalue weighted by Gasteiger charge is -2.29. The summed E-state index contributed by atoms with van der Waals surface area (Å²) in [6.07, 6.45) is 5.60. The summed E-state index contributed by atoms with van der Waals surface area (Å²) in [6.45, 7) is 9.48. The molecule has 2 aliphatic rings. The molecule has 6 heteroatoms. The first-order valence-corrected chi connectivity index (χ1v) is 9.23. The minimum absolute atomic E-state index is 0. The van der Waals surface area contributed by atoms with Crippen LogP contribution in [0.1, 0.15) is 64.0 Å². The summed E-state index contributed by atoms with van der Waals surface area (Å²) in [5, 5.41) is 7.44. The van der Waals surface area contributed by atoms with Gasteiger partial charge in [0.2, 0.25) is 0 Å². The number of unbranched alkanes of at least 4 members (excludes halogenated alkanes) is 1. The summed E-state index contributed by atoms with van der Waals surface area (Å²) in [7, 11) is 1.68. The fourth-order valence-corrected chi connectivity index (χ4v) is 3.17. The molecule has 1 N–H and O–H groups in total. The number of hydrogen-bond acceptors (Lipinski definition) is 3. The standard InChI is InChI=1S/C14H22N4O2.C4H10.H2/c1-10-12-9-17(14(19)15-2)6-3-13(12)18(16-10)11-4-7-20-8-5-11;1-3-4-2;/h11H,3-9H2,1-2H3,(H,15,19);3-4H2,1-2H3;1H. The molecule has 0 bridgehead atoms. The molecule has 0 unspecified atom stereocenters. The molecule has 0 aromatic carbocycles. The van der Waals surface area contributed by atoms with Gasteiger partial charge in [-0.2, -0.15) is 5.10 Å². The zero-order valence-electron chi connectivity index (χ0n) is 15.6. The normalized spacial score (nSPS) is 17.8. The highest BCUT2D eigenvalue weighted by molar-refractivity contribution is 5.74. The maximum absolute atomic E-state index is 11.8. The maximum atomic E-state index is 11.8. The van der Waals surface area contributed by atoms with Gasteiger partial charge in [0.15, 0.2) is 0 Å². The molecule has 0 radical (unpaired) electrons. The van der Waals surface area contributed by atoms with Crippen LogP contribution in [-0.2, 0) is 17.7 Å². The zero-order chi connectivity index (χ0) is 17.5. The van der Waals surface area contributed by atoms with Gasteiger partial charge in [0.1, 0.15) is 0 Å². The number of nitrogens with one attached hydrogen (secondary N) is 1. The van der Waals surface area contributed by atoms with Crippen molar-refractivity contribution < 1.29 is 11.0 Å². The Labute approximate surface area is 147 Å². The number of hydrogen-bond donors (Lipinski definition) is 1. The Morgan fingerprint density at radius 1 is 1.33 bits per heavy atom. The van der Waals surface area contributed by atoms with E-state index in [2.05, 4.69) is 23.8 Å². The van der Waals surface area contributed by atoms with Crippen LogP contribution in [0.25, 0.3) is 0 Å². The zero-order valence-corrected chi connectivity index (χ0v) is 15.6. The summed E-state index contributed by atoms with van der Waals surface area (Å²) in [6, 6.07) is 0.451. The van der Waals surface area contributed by atoms with Crippen molar-refractivity contribution in [2.45, 2.75) is 65.5 Å². The molecular weight excluding hydrogens is 304 g/mol. The Morgan fingerprint density at radius 3 is 2.58 bits per heavy atom. The molecule has 0 aliphatic carbocycles. The molecular formula is C18H34N4O2. The quantitative estimate of drug-likeness (QED) is 0.900. The van der Waals surface area contributed by atoms with Gasteiger partial charge in [0.05, 0.1) is 18.3 Å². The van der Waals surface area contributed by atoms with Gasteiger partial charge in [-0.15, -0.1) is 0 Å². The molecule has 0 saturated carbocycles. The first kappa shape index (κ1) is 18.8. The topological polar surface area (TPSA) is 59.4 Å². The lowest BCUT2D eigenvalue weighted by Crippen LogP contribution is -2.41. The average molecular weight is 338 g/mol. The van der Waals surface area contributed by atoms with Crippen LogP contribution in [0, 0.1) is 6.92 Å². The van der Waals surface area contributed by atoms with Gasteiger partial charge in [0, 0.05) is 45.9 Å². The fourth-order valence-electron chi connectivity index (χ4n) is 3.17. The van der Waals surface area contributed by atoms with E-state index in [0.29, 0.717) is 12.6 Å². The molecule has 2 aliphatic heterocycles. The van der Waals surface area contributed by atoms with E-state index in [-0.39, 0.29) is 7.46 Å². The molecule has 3 rings (SSSR count). The molecule has 1 aromatic heterocycles. The second-order valence-corrected chi connectivity index (χ2v) is 6.53. The first-order valence-electron chi connectivity index (χ1n) is 9.23. The van der Waals surface area contributed by atoms with E-state index in [1.54, 1.807) is 7.05 Å². The third-order valence-corrected chi connectivity index (χ3v) is 4.82. The molecule has 1 aromatic rings. The number of carbonyl (C=O) groups excluding carboxylic acids is 1. The maximum Gasteiger partial charge on any atom is 0.317 e. The second-order valence-electron chi connectivity index (χ2n) is 6.53. The largest absolute Gasteiger partial charge is 0.381 e. The van der Waals surface area contributed by atoms with Crippen molar-refractivity contribution in [2.24, 2.45) is 0 Å². The highest BCUT2D eigenvalue weighted by atomic mass is 16.5. The molecule has 2 amide bonds. The van der Waals surface area contributed by atoms with Crippen molar-refractivity contribution in [1.29, 1.82) is 0 Å². The highest BCUT2D eigenvalue weighted by Crippen LogP contribution is 2.28. The Morgan fingerprint density at radius 2 is 2.00 bits per heavy atom. The summed E-state index contributed by atoms with van der Waals surface area (Å²) in [4.78, 5) is 13.6. The van der Waals surface area contributed by atoms with Gasteiger partial charge in [-0.3, -0.25) is 4.68 Å². The number of fused-ring (bicyclic) bond motifs is 1. The van der Waals surface area contributed by atoms with Crippen LogP contribution in [-0.4, -0.2) is 47.5 Å². The van der Waals surface area contributed by atoms with E-state index < -0.39 is 0 Å². The van der Waals surface area contributed by atoms with Crippen molar-refractivity contribution in [3.8, 4) is 0 Å². The first-order chi connectivity index (χ1) is 11.6. The molecule has 138 valence electrons. The Balaban J connectivity index is 0.000000568. The fraction of sp³-hybridized carbons (Fsp3) is 0.778. The van der Waals surface area contributed by atoms with Crippen molar-refractivity contribution in [3.05, 3.63) is 17.0 Å². The molecule has 0 atom stereocenters. The second kappa shape index (κ2) is 9.06. The summed E-state index contributed by atoms with van der Waals surface area (Å²) in [5.74, 6) is 0. The van der Waals surface area contributed by atoms with Crippen LogP contribution in [0.4, 0.5) is 4.79 Å². The number of urea groups is 1. The minimum atomic E-state index is -0.00568. The third-order valence-electron chi connectivity index (χ3n) is 4.82. The van der Waals surface area contributed by atoms with Gasteiger partial charge in [-0.25, -0.2) is 4.79 Å². The van der Waals surface area contributed by atoms with Gasteiger partial charge >= 0.3 is 6.03 Å². The molecule has 0 spiro atoms. The van der Waals surface area contributed by atoms with Crippen LogP contribution in [0.3, 0.4) is 0 Å². The number of carbonyl (C=O) groups is 1. The Kier molecular flexibility index (Phi) is 7.09. The molecule has 1 saturated heterocycles. The smallest absolute Gasteiger partial charge is 0.317 e. The summed E-state index contributed by atoms with van der Waals surface area (Å²) in [5.41, 5.74) is 3.60. The van der Waals surface area contributed by atoms with Crippen molar-refractivity contribution in [1.82, 2.24) is 20.0 Å². The van der Waals surface area contributed by atoms with Gasteiger partial charge < -0.3 is 15.0 Å². The number of rotatable bonds is 2. The van der Waals surface area contributed by atoms with Gasteiger partial charge in [-0.05, 0) is 19.8 Å². The van der Waals surface area contributed by atoms with E-state index in [9.17, 15) is 4.79 Å². The van der Waals surface area contributed by atoms with Crippen molar-refractivity contribution >= 4 is 6.03 Å². The van der Waals surface area contributed by atoms with E-state index in [1.165, 1.54) is 24.1 Å². The summed E-state index contributed by atoms with van der Waals surface area (Å²) < 4.78 is 7.64. The Hall–Kier alpha value is -1.56. The molecule has 3 heterocycles. The molecule has 24 heavy (non-hydrogen) atoms. The SMILES string of the molecule is CCCC.CNC(=O)N1CCc2c(c(C)nn2C2CCOCC2)C1.[HH]. The van der Waals surface area contributed by atoms with E-state index in [1.807, 2.05) is 11.8 Å². The molecule has 1 fully saturated rings. The molecule has 6 nitrogen and oxygen atoms in total. The lowest BCUT2D eigenvalue weighted by molar-refractivity contribution is 0.0650. The monoisotopic (exact) mass is 338 g/mol. The van der Waals surface area contributed by atoms with Gasteiger partial charge in [0.25, 0.3) is 0 Å². The predicted molar refractivity (Wildman–Crippen MR) is 97.3 cm³/mol. The van der Waals surface area contributed by atoms with Crippen LogP contribution in [0.2, 0.25) is 0 Å². The van der Waals surface area contributed by atoms with Gasteiger partial charge in [-0.1, -0.05) is 26.7 Å². The Bertz CT molecular complexity index is 539. The minimum Gasteiger partial charge on any atom is -0.381 e. The number of aryl methyl sites for hydroxylation is 1. The van der Waals surface area contributed by atoms with Crippen LogP contribution < -0.4 is 5.32 Å². The van der Waals surface area contributed by atoms with E-state index in [4.69, 9.17) is 9.84 Å². The average Bonchev–Trinajstić information content (AvgIpc) is 2.98. The predicted octanol–water partition coefficient (Wildman–Crippen LogP) is 3.29.